The van der Waals surface area contributed by atoms with E-state index in [1.807, 2.05) is 0 Å². The molecule has 0 saturated heterocycles. The van der Waals surface area contributed by atoms with Gasteiger partial charge in [-0.3, -0.25) is 10.1 Å². The van der Waals surface area contributed by atoms with Crippen molar-refractivity contribution in [3.05, 3.63) is 15.8 Å². The van der Waals surface area contributed by atoms with Gasteiger partial charge in [0.05, 0.1) is 11.5 Å². The Balaban J connectivity index is 3.22. The SMILES string of the molecule is CNc1nc(C)c([N+](=O)[O-])c(SC(C)CO)n1. The molecular formula is C9H14N4O3S. The zero-order valence-corrected chi connectivity index (χ0v) is 10.6. The molecule has 0 spiro atoms. The van der Waals surface area contributed by atoms with Crippen molar-refractivity contribution in [3.63, 3.8) is 0 Å². The summed E-state index contributed by atoms with van der Waals surface area (Å²) in [6.07, 6.45) is 0. The highest BCUT2D eigenvalue weighted by Crippen LogP contribution is 2.32. The smallest absolute Gasteiger partial charge is 0.322 e. The molecule has 1 rings (SSSR count). The summed E-state index contributed by atoms with van der Waals surface area (Å²) in [6.45, 7) is 3.26. The van der Waals surface area contributed by atoms with Crippen LogP contribution in [0.15, 0.2) is 5.03 Å². The number of nitrogens with one attached hydrogen (secondary N) is 1. The fourth-order valence-electron chi connectivity index (χ4n) is 1.17. The fraction of sp³-hybridized carbons (Fsp3) is 0.556. The van der Waals surface area contributed by atoms with Crippen LogP contribution < -0.4 is 5.32 Å². The molecule has 0 amide bonds. The number of hydrogen-bond acceptors (Lipinski definition) is 7. The first-order chi connectivity index (χ1) is 7.99. The Morgan fingerprint density at radius 2 is 2.24 bits per heavy atom. The van der Waals surface area contributed by atoms with E-state index in [0.29, 0.717) is 11.6 Å². The van der Waals surface area contributed by atoms with Crippen LogP contribution in [0.3, 0.4) is 0 Å². The van der Waals surface area contributed by atoms with Gasteiger partial charge in [-0.15, -0.1) is 0 Å². The van der Waals surface area contributed by atoms with Gasteiger partial charge in [0, 0.05) is 12.3 Å². The minimum absolute atomic E-state index is 0.0697. The second-order valence-corrected chi connectivity index (χ2v) is 4.83. The van der Waals surface area contributed by atoms with Gasteiger partial charge in [-0.1, -0.05) is 18.7 Å². The molecule has 2 N–H and O–H groups in total. The summed E-state index contributed by atoms with van der Waals surface area (Å²) < 4.78 is 0. The highest BCUT2D eigenvalue weighted by molar-refractivity contribution is 8.00. The van der Waals surface area contributed by atoms with Gasteiger partial charge in [0.25, 0.3) is 0 Å². The number of hydrogen-bond donors (Lipinski definition) is 2. The molecule has 0 saturated carbocycles. The number of aromatic nitrogens is 2. The molecule has 1 aromatic heterocycles. The number of anilines is 1. The number of aliphatic hydroxyl groups excluding tert-OH is 1. The van der Waals surface area contributed by atoms with Gasteiger partial charge in [0.15, 0.2) is 5.03 Å². The van der Waals surface area contributed by atoms with Gasteiger partial charge in [0.2, 0.25) is 5.95 Å². The Hall–Kier alpha value is -1.41. The van der Waals surface area contributed by atoms with E-state index >= 15 is 0 Å². The summed E-state index contributed by atoms with van der Waals surface area (Å²) in [5.74, 6) is 0.334. The summed E-state index contributed by atoms with van der Waals surface area (Å²) in [5, 5.41) is 22.8. The molecule has 0 aliphatic carbocycles. The van der Waals surface area contributed by atoms with Crippen molar-refractivity contribution in [1.29, 1.82) is 0 Å². The Morgan fingerprint density at radius 1 is 1.59 bits per heavy atom. The van der Waals surface area contributed by atoms with Crippen molar-refractivity contribution in [3.8, 4) is 0 Å². The zero-order valence-electron chi connectivity index (χ0n) is 9.80. The van der Waals surface area contributed by atoms with E-state index in [9.17, 15) is 10.1 Å². The highest BCUT2D eigenvalue weighted by atomic mass is 32.2. The van der Waals surface area contributed by atoms with E-state index in [1.54, 1.807) is 20.9 Å². The third kappa shape index (κ3) is 3.27. The lowest BCUT2D eigenvalue weighted by Crippen LogP contribution is -2.08. The monoisotopic (exact) mass is 258 g/mol. The minimum Gasteiger partial charge on any atom is -0.395 e. The van der Waals surface area contributed by atoms with Crippen molar-refractivity contribution in [1.82, 2.24) is 9.97 Å². The van der Waals surface area contributed by atoms with E-state index < -0.39 is 4.92 Å². The van der Waals surface area contributed by atoms with Crippen molar-refractivity contribution in [2.45, 2.75) is 24.1 Å². The van der Waals surface area contributed by atoms with Crippen LogP contribution in [0, 0.1) is 17.0 Å². The van der Waals surface area contributed by atoms with Crippen LogP contribution in [0.4, 0.5) is 11.6 Å². The molecule has 0 bridgehead atoms. The zero-order chi connectivity index (χ0) is 13.0. The van der Waals surface area contributed by atoms with Crippen LogP contribution in [0.2, 0.25) is 0 Å². The summed E-state index contributed by atoms with van der Waals surface area (Å²) >= 11 is 1.16. The third-order valence-electron chi connectivity index (χ3n) is 2.00. The van der Waals surface area contributed by atoms with Crippen molar-refractivity contribution in [2.24, 2.45) is 0 Å². The average molecular weight is 258 g/mol. The second-order valence-electron chi connectivity index (χ2n) is 3.40. The molecule has 0 fully saturated rings. The van der Waals surface area contributed by atoms with Crippen LogP contribution in [0.25, 0.3) is 0 Å². The first kappa shape index (κ1) is 13.7. The highest BCUT2D eigenvalue weighted by Gasteiger charge is 2.23. The first-order valence-electron chi connectivity index (χ1n) is 4.97. The summed E-state index contributed by atoms with van der Waals surface area (Å²) in [6, 6.07) is 0. The molecule has 1 aromatic rings. The van der Waals surface area contributed by atoms with Crippen LogP contribution in [-0.4, -0.2) is 38.9 Å². The molecule has 0 aliphatic rings. The molecule has 17 heavy (non-hydrogen) atoms. The third-order valence-corrected chi connectivity index (χ3v) is 3.06. The van der Waals surface area contributed by atoms with Crippen molar-refractivity contribution in [2.75, 3.05) is 19.0 Å². The Morgan fingerprint density at radius 3 is 2.71 bits per heavy atom. The molecule has 7 nitrogen and oxygen atoms in total. The molecule has 94 valence electrons. The number of aryl methyl sites for hydroxylation is 1. The van der Waals surface area contributed by atoms with Crippen LogP contribution in [0.1, 0.15) is 12.6 Å². The normalized spacial score (nSPS) is 12.2. The standard InChI is InChI=1S/C9H14N4O3S/c1-5(4-14)17-8-7(13(15)16)6(2)11-9(10-3)12-8/h5,14H,4H2,1-3H3,(H,10,11,12). The molecule has 0 radical (unpaired) electrons. The van der Waals surface area contributed by atoms with Gasteiger partial charge in [-0.25, -0.2) is 4.98 Å². The van der Waals surface area contributed by atoms with Crippen LogP contribution in [-0.2, 0) is 0 Å². The van der Waals surface area contributed by atoms with Crippen LogP contribution >= 0.6 is 11.8 Å². The van der Waals surface area contributed by atoms with Gasteiger partial charge in [0.1, 0.15) is 5.69 Å². The van der Waals surface area contributed by atoms with E-state index in [0.717, 1.165) is 11.8 Å². The first-order valence-corrected chi connectivity index (χ1v) is 5.85. The minimum atomic E-state index is -0.499. The predicted molar refractivity (Wildman–Crippen MR) is 65.4 cm³/mol. The molecule has 0 aromatic carbocycles. The number of nitrogens with zero attached hydrogens (tertiary/aromatic N) is 3. The lowest BCUT2D eigenvalue weighted by Gasteiger charge is -2.09. The predicted octanol–water partition coefficient (Wildman–Crippen LogP) is 1.21. The molecule has 1 heterocycles. The van der Waals surface area contributed by atoms with Gasteiger partial charge in [-0.05, 0) is 6.92 Å². The van der Waals surface area contributed by atoms with E-state index in [1.165, 1.54) is 0 Å². The quantitative estimate of drug-likeness (QED) is 0.354. The fourth-order valence-corrected chi connectivity index (χ4v) is 2.10. The van der Waals surface area contributed by atoms with Gasteiger partial charge < -0.3 is 10.4 Å². The summed E-state index contributed by atoms with van der Waals surface area (Å²) in [7, 11) is 1.64. The molecule has 1 atom stereocenters. The number of aliphatic hydroxyl groups is 1. The molecule has 1 unspecified atom stereocenters. The Labute approximate surface area is 103 Å². The van der Waals surface area contributed by atoms with Gasteiger partial charge in [-0.2, -0.15) is 4.98 Å². The lowest BCUT2D eigenvalue weighted by molar-refractivity contribution is -0.389. The summed E-state index contributed by atoms with van der Waals surface area (Å²) in [5.41, 5.74) is 0.205. The van der Waals surface area contributed by atoms with E-state index in [2.05, 4.69) is 15.3 Å². The molecular weight excluding hydrogens is 244 g/mol. The van der Waals surface area contributed by atoms with E-state index in [4.69, 9.17) is 5.11 Å². The largest absolute Gasteiger partial charge is 0.395 e. The maximum Gasteiger partial charge on any atom is 0.322 e. The Kier molecular flexibility index (Phi) is 4.64. The molecule has 8 heteroatoms. The van der Waals surface area contributed by atoms with Crippen molar-refractivity contribution >= 4 is 23.4 Å². The molecule has 0 aliphatic heterocycles. The second kappa shape index (κ2) is 5.78. The van der Waals surface area contributed by atoms with Crippen molar-refractivity contribution < 1.29 is 10.0 Å². The topological polar surface area (TPSA) is 101 Å². The van der Waals surface area contributed by atoms with Crippen LogP contribution in [0.5, 0.6) is 0 Å². The maximum absolute atomic E-state index is 10.9. The van der Waals surface area contributed by atoms with Gasteiger partial charge >= 0.3 is 5.69 Å². The summed E-state index contributed by atoms with van der Waals surface area (Å²) in [4.78, 5) is 18.5. The number of nitro groups is 1. The number of thioether (sulfide) groups is 1. The van der Waals surface area contributed by atoms with E-state index in [-0.39, 0.29) is 22.6 Å². The number of rotatable bonds is 5. The maximum atomic E-state index is 10.9. The average Bonchev–Trinajstić information content (AvgIpc) is 2.27. The lowest BCUT2D eigenvalue weighted by atomic mass is 10.4. The Bertz CT molecular complexity index is 427.